The van der Waals surface area contributed by atoms with E-state index in [-0.39, 0.29) is 19.5 Å². The Kier molecular flexibility index (Phi) is 3.03. The molecule has 1 rings (SSSR count). The molecule has 0 saturated carbocycles. The van der Waals surface area contributed by atoms with E-state index in [1.54, 1.807) is 0 Å². The van der Waals surface area contributed by atoms with Crippen LogP contribution in [0, 0.1) is 6.92 Å². The van der Waals surface area contributed by atoms with Crippen molar-refractivity contribution in [2.75, 3.05) is 0 Å². The zero-order chi connectivity index (χ0) is 4.41. The minimum atomic E-state index is 0. The second kappa shape index (κ2) is 3.04. The Morgan fingerprint density at radius 3 is 2.43 bits per heavy atom. The van der Waals surface area contributed by atoms with Crippen LogP contribution >= 0.6 is 0 Å². The van der Waals surface area contributed by atoms with E-state index >= 15 is 0 Å². The first-order valence-electron chi connectivity index (χ1n) is 2.08. The van der Waals surface area contributed by atoms with Gasteiger partial charge in [0, 0.05) is 0 Å². The summed E-state index contributed by atoms with van der Waals surface area (Å²) in [6.45, 7) is 2.08. The Bertz CT molecular complexity index is 108. The summed E-state index contributed by atoms with van der Waals surface area (Å²) in [4.78, 5) is 0. The average molecular weight is 180 g/mol. The van der Waals surface area contributed by atoms with Crippen LogP contribution in [0.1, 0.15) is 5.56 Å². The molecule has 0 aromatic heterocycles. The van der Waals surface area contributed by atoms with Gasteiger partial charge in [0.2, 0.25) is 0 Å². The summed E-state index contributed by atoms with van der Waals surface area (Å²) >= 11 is 0. The molecule has 0 saturated heterocycles. The van der Waals surface area contributed by atoms with Gasteiger partial charge in [0.05, 0.1) is 0 Å². The van der Waals surface area contributed by atoms with Crippen molar-refractivity contribution in [3.05, 3.63) is 29.8 Å². The number of rotatable bonds is 0. The minimum absolute atomic E-state index is 0. The molecule has 1 radical (unpaired) electrons. The van der Waals surface area contributed by atoms with Gasteiger partial charge in [0.25, 0.3) is 0 Å². The number of aryl methyl sites for hydroxylation is 1. The summed E-state index contributed by atoms with van der Waals surface area (Å²) in [5.41, 5.74) is 1.34. The van der Waals surface area contributed by atoms with Crippen molar-refractivity contribution in [1.82, 2.24) is 0 Å². The number of hydrogen-bond acceptors (Lipinski definition) is 0. The summed E-state index contributed by atoms with van der Waals surface area (Å²) in [7, 11) is 0. The zero-order valence-corrected chi connectivity index (χ0v) is 5.90. The summed E-state index contributed by atoms with van der Waals surface area (Å²) in [6, 6.07) is 8.24. The molecule has 0 amide bonds. The van der Waals surface area contributed by atoms with Crippen LogP contribution in [-0.2, 0) is 19.5 Å². The molecule has 0 unspecified atom stereocenters. The molecule has 0 spiro atoms. The van der Waals surface area contributed by atoms with Gasteiger partial charge in [-0.15, -0.1) is 0 Å². The van der Waals surface area contributed by atoms with Gasteiger partial charge in [-0.2, -0.15) is 17.7 Å². The van der Waals surface area contributed by atoms with Crippen molar-refractivity contribution in [2.45, 2.75) is 6.92 Å². The summed E-state index contributed by atoms with van der Waals surface area (Å²) in [5.74, 6) is 0. The van der Waals surface area contributed by atoms with E-state index in [2.05, 4.69) is 19.1 Å². The Morgan fingerprint density at radius 2 is 2.29 bits per heavy atom. The summed E-state index contributed by atoms with van der Waals surface area (Å²) < 4.78 is 0. The van der Waals surface area contributed by atoms with Crippen molar-refractivity contribution >= 4 is 0 Å². The zero-order valence-electron chi connectivity index (χ0n) is 4.16. The first-order chi connectivity index (χ1) is 2.89. The van der Waals surface area contributed by atoms with Gasteiger partial charge in [-0.1, -0.05) is 6.92 Å². The van der Waals surface area contributed by atoms with Gasteiger partial charge in [-0.25, -0.2) is 12.1 Å². The molecule has 0 N–H and O–H groups in total. The second-order valence-corrected chi connectivity index (χ2v) is 1.46. The van der Waals surface area contributed by atoms with E-state index < -0.39 is 0 Å². The fraction of sp³-hybridized carbons (Fsp3) is 0.167. The van der Waals surface area contributed by atoms with Crippen molar-refractivity contribution in [3.63, 3.8) is 0 Å². The van der Waals surface area contributed by atoms with E-state index in [4.69, 9.17) is 0 Å². The van der Waals surface area contributed by atoms with Gasteiger partial charge >= 0.3 is 19.5 Å². The van der Waals surface area contributed by atoms with Gasteiger partial charge in [-0.05, 0) is 0 Å². The Morgan fingerprint density at radius 1 is 1.57 bits per heavy atom. The molecule has 1 heteroatoms. The van der Waals surface area contributed by atoms with E-state index in [0.29, 0.717) is 0 Å². The first-order valence-corrected chi connectivity index (χ1v) is 2.08. The second-order valence-electron chi connectivity index (χ2n) is 1.46. The van der Waals surface area contributed by atoms with E-state index in [1.165, 1.54) is 5.56 Å². The monoisotopic (exact) mass is 181 g/mol. The van der Waals surface area contributed by atoms with E-state index in [1.807, 2.05) is 12.1 Å². The van der Waals surface area contributed by atoms with Crippen molar-refractivity contribution < 1.29 is 19.5 Å². The SMILES string of the molecule is Cc1ccc[cH-]1.[Ru+]. The predicted molar refractivity (Wildman–Crippen MR) is 26.8 cm³/mol. The molecule has 1 aromatic rings. The third-order valence-electron chi connectivity index (χ3n) is 0.829. The van der Waals surface area contributed by atoms with Crippen LogP contribution in [0.3, 0.4) is 0 Å². The normalized spacial score (nSPS) is 7.57. The van der Waals surface area contributed by atoms with Crippen LogP contribution < -0.4 is 0 Å². The molecule has 0 aliphatic rings. The van der Waals surface area contributed by atoms with Crippen LogP contribution in [0.25, 0.3) is 0 Å². The molecule has 7 heavy (non-hydrogen) atoms. The molecule has 0 aliphatic heterocycles. The fourth-order valence-corrected chi connectivity index (χ4v) is 0.470. The maximum atomic E-state index is 2.08. The molecule has 0 atom stereocenters. The largest absolute Gasteiger partial charge is 1.00 e. The topological polar surface area (TPSA) is 0 Å². The van der Waals surface area contributed by atoms with Crippen LogP contribution in [0.5, 0.6) is 0 Å². The first kappa shape index (κ1) is 6.97. The fourth-order valence-electron chi connectivity index (χ4n) is 0.470. The predicted octanol–water partition coefficient (Wildman–Crippen LogP) is 1.71. The van der Waals surface area contributed by atoms with Crippen LogP contribution in [0.15, 0.2) is 24.3 Å². The van der Waals surface area contributed by atoms with E-state index in [9.17, 15) is 0 Å². The molecule has 0 nitrogen and oxygen atoms in total. The molecule has 0 heterocycles. The summed E-state index contributed by atoms with van der Waals surface area (Å²) in [6.07, 6.45) is 0. The van der Waals surface area contributed by atoms with Crippen molar-refractivity contribution in [3.8, 4) is 0 Å². The minimum Gasteiger partial charge on any atom is -0.213 e. The Balaban J connectivity index is 0.000000360. The third-order valence-corrected chi connectivity index (χ3v) is 0.829. The van der Waals surface area contributed by atoms with Crippen LogP contribution in [0.4, 0.5) is 0 Å². The Hall–Kier alpha value is -0.0266. The maximum Gasteiger partial charge on any atom is 1.00 e. The summed E-state index contributed by atoms with van der Waals surface area (Å²) in [5, 5.41) is 0. The smallest absolute Gasteiger partial charge is 0.213 e. The quantitative estimate of drug-likeness (QED) is 0.421. The maximum absolute atomic E-state index is 2.08. The van der Waals surface area contributed by atoms with E-state index in [0.717, 1.165) is 0 Å². The van der Waals surface area contributed by atoms with Crippen molar-refractivity contribution in [1.29, 1.82) is 0 Å². The average Bonchev–Trinajstić information content (AvgIpc) is 1.86. The molecule has 1 aromatic carbocycles. The van der Waals surface area contributed by atoms with Crippen LogP contribution in [-0.4, -0.2) is 0 Å². The van der Waals surface area contributed by atoms with Gasteiger partial charge in [0.1, 0.15) is 0 Å². The molecule has 0 fully saturated rings. The van der Waals surface area contributed by atoms with Gasteiger partial charge in [0.15, 0.2) is 0 Å². The third kappa shape index (κ3) is 1.94. The molecular weight excluding hydrogens is 173 g/mol. The molecular formula is C6H7Ru. The van der Waals surface area contributed by atoms with Gasteiger partial charge < -0.3 is 0 Å². The molecule has 0 aliphatic carbocycles. The van der Waals surface area contributed by atoms with Crippen molar-refractivity contribution in [2.24, 2.45) is 0 Å². The molecule has 0 bridgehead atoms. The standard InChI is InChI=1S/C6H7.Ru/c1-6-4-2-3-5-6;/h2-5H,1H3;/q-1;+1. The van der Waals surface area contributed by atoms with Crippen LogP contribution in [0.2, 0.25) is 0 Å². The van der Waals surface area contributed by atoms with Gasteiger partial charge in [-0.3, -0.25) is 0 Å². The molecule has 39 valence electrons. The number of hydrogen-bond donors (Lipinski definition) is 0. The Labute approximate surface area is 56.7 Å².